The first-order valence-electron chi connectivity index (χ1n) is 14.1. The van der Waals surface area contributed by atoms with Crippen molar-refractivity contribution < 1.29 is 4.79 Å². The molecule has 2 N–H and O–H groups in total. The predicted molar refractivity (Wildman–Crippen MR) is 137 cm³/mol. The van der Waals surface area contributed by atoms with Gasteiger partial charge in [-0.05, 0) is 57.4 Å². The number of piperazine rings is 1. The maximum Gasteiger partial charge on any atom is 0.268 e. The van der Waals surface area contributed by atoms with Crippen LogP contribution in [0.15, 0.2) is 12.3 Å². The van der Waals surface area contributed by atoms with Gasteiger partial charge in [0.1, 0.15) is 11.3 Å². The monoisotopic (exact) mass is 477 g/mol. The minimum absolute atomic E-state index is 0.0185. The fourth-order valence-electron chi connectivity index (χ4n) is 7.41. The Hall–Kier alpha value is -2.19. The second-order valence-electron chi connectivity index (χ2n) is 11.8. The normalized spacial score (nSPS) is 29.8. The molecule has 2 aromatic heterocycles. The first kappa shape index (κ1) is 22.0. The molecule has 0 aromatic carbocycles. The van der Waals surface area contributed by atoms with Gasteiger partial charge in [0.15, 0.2) is 0 Å². The summed E-state index contributed by atoms with van der Waals surface area (Å²) >= 11 is 0. The summed E-state index contributed by atoms with van der Waals surface area (Å²) in [6, 6.07) is 4.06. The van der Waals surface area contributed by atoms with Crippen LogP contribution in [0.1, 0.15) is 81.1 Å². The van der Waals surface area contributed by atoms with E-state index < -0.39 is 0 Å². The molecule has 0 bridgehead atoms. The summed E-state index contributed by atoms with van der Waals surface area (Å²) in [5.74, 6) is 0.738. The first-order valence-corrected chi connectivity index (χ1v) is 14.1. The molecule has 1 amide bonds. The van der Waals surface area contributed by atoms with Crippen molar-refractivity contribution in [2.24, 2.45) is 0 Å². The molecule has 0 unspecified atom stereocenters. The third kappa shape index (κ3) is 4.02. The van der Waals surface area contributed by atoms with E-state index in [0.29, 0.717) is 12.6 Å². The van der Waals surface area contributed by atoms with Crippen molar-refractivity contribution in [2.75, 3.05) is 38.0 Å². The van der Waals surface area contributed by atoms with Crippen LogP contribution in [0.3, 0.4) is 0 Å². The number of nitrogens with one attached hydrogen (secondary N) is 2. The van der Waals surface area contributed by atoms with E-state index in [1.165, 1.54) is 84.0 Å². The Balaban J connectivity index is 1.04. The largest absolute Gasteiger partial charge is 0.351 e. The Labute approximate surface area is 207 Å². The van der Waals surface area contributed by atoms with Gasteiger partial charge in [0, 0.05) is 62.4 Å². The van der Waals surface area contributed by atoms with Crippen molar-refractivity contribution in [3.05, 3.63) is 18.0 Å². The lowest BCUT2D eigenvalue weighted by Gasteiger charge is -2.43. The van der Waals surface area contributed by atoms with E-state index in [4.69, 9.17) is 4.98 Å². The summed E-state index contributed by atoms with van der Waals surface area (Å²) in [4.78, 5) is 27.8. The summed E-state index contributed by atoms with van der Waals surface area (Å²) in [6.07, 6.45) is 15.5. The van der Waals surface area contributed by atoms with Crippen molar-refractivity contribution in [3.8, 4) is 0 Å². The molecular formula is C27H39N7O. The first-order chi connectivity index (χ1) is 17.2. The lowest BCUT2D eigenvalue weighted by molar-refractivity contribution is 0.0737. The summed E-state index contributed by atoms with van der Waals surface area (Å²) in [6.45, 7) is 5.73. The topological polar surface area (TPSA) is 78.3 Å². The molecule has 0 radical (unpaired) electrons. The zero-order chi connectivity index (χ0) is 23.4. The van der Waals surface area contributed by atoms with E-state index in [2.05, 4.69) is 30.0 Å². The third-order valence-electron chi connectivity index (χ3n) is 9.57. The van der Waals surface area contributed by atoms with Gasteiger partial charge in [-0.1, -0.05) is 19.3 Å². The van der Waals surface area contributed by atoms with Gasteiger partial charge >= 0.3 is 0 Å². The average Bonchev–Trinajstić information content (AvgIpc) is 3.68. The highest BCUT2D eigenvalue weighted by atomic mass is 16.2. The molecule has 3 saturated carbocycles. The predicted octanol–water partition coefficient (Wildman–Crippen LogP) is 3.34. The molecule has 7 rings (SSSR count). The smallest absolute Gasteiger partial charge is 0.268 e. The van der Waals surface area contributed by atoms with Gasteiger partial charge in [-0.2, -0.15) is 4.98 Å². The van der Waals surface area contributed by atoms with E-state index in [9.17, 15) is 4.79 Å². The number of fused-ring (bicyclic) bond motifs is 4. The number of aromatic nitrogens is 3. The average molecular weight is 478 g/mol. The zero-order valence-corrected chi connectivity index (χ0v) is 20.8. The maximum absolute atomic E-state index is 12.7. The Bertz CT molecular complexity index is 1090. The van der Waals surface area contributed by atoms with Crippen molar-refractivity contribution in [1.29, 1.82) is 0 Å². The second kappa shape index (κ2) is 8.73. The summed E-state index contributed by atoms with van der Waals surface area (Å²) in [5, 5.41) is 7.79. The third-order valence-corrected chi connectivity index (χ3v) is 9.57. The Morgan fingerprint density at radius 1 is 0.914 bits per heavy atom. The van der Waals surface area contributed by atoms with Gasteiger partial charge in [0.05, 0.1) is 5.54 Å². The number of carbonyl (C=O) groups is 1. The minimum Gasteiger partial charge on any atom is -0.351 e. The van der Waals surface area contributed by atoms with Crippen molar-refractivity contribution in [3.63, 3.8) is 0 Å². The van der Waals surface area contributed by atoms with Crippen LogP contribution in [-0.2, 0) is 5.54 Å². The number of hydrogen-bond acceptors (Lipinski definition) is 6. The van der Waals surface area contributed by atoms with Crippen LogP contribution in [0, 0.1) is 0 Å². The molecule has 2 aliphatic heterocycles. The molecule has 188 valence electrons. The van der Waals surface area contributed by atoms with E-state index in [1.807, 2.05) is 12.3 Å². The molecular weight excluding hydrogens is 438 g/mol. The van der Waals surface area contributed by atoms with Crippen LogP contribution in [-0.4, -0.2) is 81.1 Å². The molecule has 1 saturated heterocycles. The van der Waals surface area contributed by atoms with Gasteiger partial charge in [0.2, 0.25) is 5.95 Å². The van der Waals surface area contributed by atoms with Gasteiger partial charge in [-0.15, -0.1) is 0 Å². The summed E-state index contributed by atoms with van der Waals surface area (Å²) < 4.78 is 2.27. The van der Waals surface area contributed by atoms with E-state index in [0.717, 1.165) is 47.6 Å². The zero-order valence-electron chi connectivity index (χ0n) is 20.8. The maximum atomic E-state index is 12.7. The SMILES string of the molecule is O=C1NCC2(CCCCC2)n2c1cc1cnc(NC3CCC(N4CCN(C5CC5)CC4)CC3)nc12. The molecule has 3 aliphatic carbocycles. The molecule has 4 heterocycles. The number of carbonyl (C=O) groups excluding carboxylic acids is 1. The van der Waals surface area contributed by atoms with Crippen LogP contribution in [0.5, 0.6) is 0 Å². The van der Waals surface area contributed by atoms with Crippen LogP contribution in [0.2, 0.25) is 0 Å². The van der Waals surface area contributed by atoms with Crippen molar-refractivity contribution in [1.82, 2.24) is 29.7 Å². The quantitative estimate of drug-likeness (QED) is 0.703. The molecule has 4 fully saturated rings. The lowest BCUT2D eigenvalue weighted by Crippen LogP contribution is -2.52. The van der Waals surface area contributed by atoms with E-state index in [-0.39, 0.29) is 11.4 Å². The number of anilines is 1. The minimum atomic E-state index is -0.0313. The molecule has 2 aromatic rings. The van der Waals surface area contributed by atoms with Gasteiger partial charge in [-0.3, -0.25) is 14.6 Å². The highest BCUT2D eigenvalue weighted by molar-refractivity contribution is 5.99. The fraction of sp³-hybridized carbons (Fsp3) is 0.741. The number of nitrogens with zero attached hydrogens (tertiary/aromatic N) is 5. The summed E-state index contributed by atoms with van der Waals surface area (Å²) in [7, 11) is 0. The molecule has 8 heteroatoms. The van der Waals surface area contributed by atoms with Crippen LogP contribution >= 0.6 is 0 Å². The standard InChI is InChI=1S/C27H39N7O/c35-25-23-16-19-17-28-26(31-24(19)34(23)27(18-29-25)10-2-1-3-11-27)30-20-4-6-21(7-5-20)32-12-14-33(15-13-32)22-8-9-22/h16-17,20-22H,1-15,18H2,(H,29,35)(H,28,30,31). The molecule has 35 heavy (non-hydrogen) atoms. The molecule has 0 atom stereocenters. The fourth-order valence-corrected chi connectivity index (χ4v) is 7.41. The highest BCUT2D eigenvalue weighted by Crippen LogP contribution is 2.40. The molecule has 1 spiro atoms. The Morgan fingerprint density at radius 3 is 2.23 bits per heavy atom. The van der Waals surface area contributed by atoms with Gasteiger partial charge in [-0.25, -0.2) is 4.98 Å². The number of amides is 1. The van der Waals surface area contributed by atoms with Gasteiger partial charge < -0.3 is 15.2 Å². The highest BCUT2D eigenvalue weighted by Gasteiger charge is 2.41. The van der Waals surface area contributed by atoms with Crippen molar-refractivity contribution in [2.45, 2.75) is 94.3 Å². The van der Waals surface area contributed by atoms with E-state index in [1.54, 1.807) is 0 Å². The van der Waals surface area contributed by atoms with E-state index >= 15 is 0 Å². The number of rotatable bonds is 4. The second-order valence-corrected chi connectivity index (χ2v) is 11.8. The summed E-state index contributed by atoms with van der Waals surface area (Å²) in [5.41, 5.74) is 1.65. The lowest BCUT2D eigenvalue weighted by atomic mass is 9.80. The number of hydrogen-bond donors (Lipinski definition) is 2. The molecule has 8 nitrogen and oxygen atoms in total. The van der Waals surface area contributed by atoms with Crippen LogP contribution in [0.25, 0.3) is 11.0 Å². The van der Waals surface area contributed by atoms with Crippen LogP contribution in [0.4, 0.5) is 5.95 Å². The molecule has 5 aliphatic rings. The van der Waals surface area contributed by atoms with Gasteiger partial charge in [0.25, 0.3) is 5.91 Å². The Morgan fingerprint density at radius 2 is 1.57 bits per heavy atom. The Kier molecular flexibility index (Phi) is 5.50. The van der Waals surface area contributed by atoms with Crippen LogP contribution < -0.4 is 10.6 Å². The van der Waals surface area contributed by atoms with Crippen molar-refractivity contribution >= 4 is 22.9 Å².